The van der Waals surface area contributed by atoms with Gasteiger partial charge in [-0.15, -0.1) is 0 Å². The van der Waals surface area contributed by atoms with Gasteiger partial charge in [0.25, 0.3) is 0 Å². The Hall–Kier alpha value is 0.0469. The molecule has 0 aromatic carbocycles. The van der Waals surface area contributed by atoms with E-state index in [-0.39, 0.29) is 17.2 Å². The van der Waals surface area contributed by atoms with Crippen molar-refractivity contribution >= 4 is 18.6 Å². The first-order valence-corrected chi connectivity index (χ1v) is 12.7. The Labute approximate surface area is 136 Å². The van der Waals surface area contributed by atoms with Crippen molar-refractivity contribution < 1.29 is 17.0 Å². The highest BCUT2D eigenvalue weighted by Crippen LogP contribution is 2.38. The summed E-state index contributed by atoms with van der Waals surface area (Å²) in [7, 11) is -5.37. The maximum Gasteiger partial charge on any atom is 0.336 e. The van der Waals surface area contributed by atoms with E-state index in [2.05, 4.69) is 38.6 Å². The highest BCUT2D eigenvalue weighted by Gasteiger charge is 2.42. The van der Waals surface area contributed by atoms with E-state index in [1.165, 1.54) is 0 Å². The van der Waals surface area contributed by atoms with Gasteiger partial charge in [-0.05, 0) is 37.4 Å². The first-order valence-electron chi connectivity index (χ1n) is 8.36. The highest BCUT2D eigenvalue weighted by molar-refractivity contribution is 7.84. The summed E-state index contributed by atoms with van der Waals surface area (Å²) in [5, 5.41) is 0.176. The van der Waals surface area contributed by atoms with Crippen LogP contribution in [0.4, 0.5) is 0 Å². The summed E-state index contributed by atoms with van der Waals surface area (Å²) in [4.78, 5) is 0. The second-order valence-corrected chi connectivity index (χ2v) is 14.3. The SMILES string of the molecule is CC(C)(C)[Si](C)(C)OCCC1NS(=O)(=O)OC2CCCCC12. The molecular weight excluding hydrogens is 318 g/mol. The van der Waals surface area contributed by atoms with E-state index in [0.717, 1.165) is 32.1 Å². The molecule has 1 saturated carbocycles. The Morgan fingerprint density at radius 2 is 1.86 bits per heavy atom. The lowest BCUT2D eigenvalue weighted by molar-refractivity contribution is 0.0485. The van der Waals surface area contributed by atoms with Crippen molar-refractivity contribution in [2.24, 2.45) is 5.92 Å². The fourth-order valence-electron chi connectivity index (χ4n) is 3.10. The second kappa shape index (κ2) is 6.51. The minimum Gasteiger partial charge on any atom is -0.417 e. The van der Waals surface area contributed by atoms with Crippen LogP contribution >= 0.6 is 0 Å². The molecule has 3 unspecified atom stereocenters. The van der Waals surface area contributed by atoms with E-state index < -0.39 is 18.6 Å². The van der Waals surface area contributed by atoms with Crippen molar-refractivity contribution in [1.82, 2.24) is 4.72 Å². The van der Waals surface area contributed by atoms with Gasteiger partial charge in [0.2, 0.25) is 0 Å². The quantitative estimate of drug-likeness (QED) is 0.792. The predicted octanol–water partition coefficient (Wildman–Crippen LogP) is 3.19. The van der Waals surface area contributed by atoms with Crippen LogP contribution in [-0.4, -0.2) is 35.5 Å². The van der Waals surface area contributed by atoms with E-state index in [0.29, 0.717) is 12.5 Å². The van der Waals surface area contributed by atoms with E-state index in [4.69, 9.17) is 8.61 Å². The van der Waals surface area contributed by atoms with Gasteiger partial charge in [0.15, 0.2) is 8.32 Å². The van der Waals surface area contributed by atoms with Crippen LogP contribution in [0.3, 0.4) is 0 Å². The van der Waals surface area contributed by atoms with Crippen LogP contribution < -0.4 is 4.72 Å². The summed E-state index contributed by atoms with van der Waals surface area (Å²) in [5.41, 5.74) is 0. The monoisotopic (exact) mass is 349 g/mol. The minimum absolute atomic E-state index is 0.0474. The number of nitrogens with one attached hydrogen (secondary N) is 1. The number of rotatable bonds is 4. The molecule has 22 heavy (non-hydrogen) atoms. The molecular formula is C15H31NO4SSi. The summed E-state index contributed by atoms with van der Waals surface area (Å²) in [5.74, 6) is 0.292. The second-order valence-electron chi connectivity index (χ2n) is 8.16. The average molecular weight is 350 g/mol. The molecule has 7 heteroatoms. The summed E-state index contributed by atoms with van der Waals surface area (Å²) in [6.07, 6.45) is 4.70. The Morgan fingerprint density at radius 3 is 2.50 bits per heavy atom. The van der Waals surface area contributed by atoms with Crippen LogP contribution in [0.1, 0.15) is 52.9 Å². The molecule has 5 nitrogen and oxygen atoms in total. The third kappa shape index (κ3) is 4.32. The fourth-order valence-corrected chi connectivity index (χ4v) is 5.44. The zero-order valence-corrected chi connectivity index (χ0v) is 16.3. The molecule has 0 radical (unpaired) electrons. The minimum atomic E-state index is -3.59. The summed E-state index contributed by atoms with van der Waals surface area (Å²) in [6, 6.07) is -0.0474. The molecule has 0 aromatic rings. The van der Waals surface area contributed by atoms with Gasteiger partial charge in [-0.25, -0.2) is 0 Å². The smallest absolute Gasteiger partial charge is 0.336 e. The van der Waals surface area contributed by atoms with Gasteiger partial charge >= 0.3 is 10.3 Å². The summed E-state index contributed by atoms with van der Waals surface area (Å²) >= 11 is 0. The van der Waals surface area contributed by atoms with Crippen LogP contribution in [-0.2, 0) is 18.9 Å². The van der Waals surface area contributed by atoms with Crippen LogP contribution in [0.15, 0.2) is 0 Å². The lowest BCUT2D eigenvalue weighted by atomic mass is 9.81. The molecule has 1 aliphatic heterocycles. The van der Waals surface area contributed by atoms with Gasteiger partial charge in [0.05, 0.1) is 6.10 Å². The molecule has 130 valence electrons. The van der Waals surface area contributed by atoms with Crippen LogP contribution in [0.2, 0.25) is 18.1 Å². The van der Waals surface area contributed by atoms with Gasteiger partial charge in [0.1, 0.15) is 0 Å². The molecule has 0 amide bonds. The van der Waals surface area contributed by atoms with Crippen LogP contribution in [0.25, 0.3) is 0 Å². The first kappa shape index (κ1) is 18.4. The van der Waals surface area contributed by atoms with Crippen molar-refractivity contribution in [3.63, 3.8) is 0 Å². The maximum absolute atomic E-state index is 11.9. The molecule has 0 bridgehead atoms. The highest BCUT2D eigenvalue weighted by atomic mass is 32.2. The predicted molar refractivity (Wildman–Crippen MR) is 90.4 cm³/mol. The van der Waals surface area contributed by atoms with Crippen molar-refractivity contribution in [1.29, 1.82) is 0 Å². The molecule has 2 fully saturated rings. The zero-order valence-electron chi connectivity index (χ0n) is 14.5. The average Bonchev–Trinajstić information content (AvgIpc) is 2.35. The molecule has 1 N–H and O–H groups in total. The number of fused-ring (bicyclic) bond motifs is 1. The molecule has 2 aliphatic rings. The van der Waals surface area contributed by atoms with Crippen LogP contribution in [0.5, 0.6) is 0 Å². The molecule has 0 aromatic heterocycles. The third-order valence-electron chi connectivity index (χ3n) is 5.51. The molecule has 3 atom stereocenters. The van der Waals surface area contributed by atoms with E-state index in [1.807, 2.05) is 0 Å². The molecule has 1 aliphatic carbocycles. The summed E-state index contributed by atoms with van der Waals surface area (Å²) in [6.45, 7) is 11.7. The van der Waals surface area contributed by atoms with Gasteiger partial charge < -0.3 is 4.43 Å². The molecule has 1 heterocycles. The third-order valence-corrected chi connectivity index (χ3v) is 11.1. The Balaban J connectivity index is 1.95. The van der Waals surface area contributed by atoms with Gasteiger partial charge in [-0.2, -0.15) is 13.1 Å². The van der Waals surface area contributed by atoms with Crippen molar-refractivity contribution in [2.45, 2.75) is 83.2 Å². The fraction of sp³-hybridized carbons (Fsp3) is 1.00. The van der Waals surface area contributed by atoms with Crippen LogP contribution in [0, 0.1) is 5.92 Å². The van der Waals surface area contributed by atoms with Crippen molar-refractivity contribution in [2.75, 3.05) is 6.61 Å². The van der Waals surface area contributed by atoms with Gasteiger partial charge in [0, 0.05) is 18.6 Å². The standard InChI is InChI=1S/C15H31NO4SSi/c1-15(2,3)22(4,5)19-11-10-13-12-8-6-7-9-14(12)20-21(17,18)16-13/h12-14,16H,6-11H2,1-5H3. The molecule has 1 saturated heterocycles. The van der Waals surface area contributed by atoms with E-state index in [9.17, 15) is 8.42 Å². The van der Waals surface area contributed by atoms with Gasteiger partial charge in [-0.1, -0.05) is 33.6 Å². The number of hydrogen-bond donors (Lipinski definition) is 1. The maximum atomic E-state index is 11.9. The topological polar surface area (TPSA) is 64.6 Å². The molecule has 0 spiro atoms. The van der Waals surface area contributed by atoms with Crippen molar-refractivity contribution in [3.8, 4) is 0 Å². The van der Waals surface area contributed by atoms with E-state index >= 15 is 0 Å². The Kier molecular flexibility index (Phi) is 5.44. The van der Waals surface area contributed by atoms with Gasteiger partial charge in [-0.3, -0.25) is 4.18 Å². The zero-order chi connectivity index (χ0) is 16.6. The number of hydrogen-bond acceptors (Lipinski definition) is 4. The first-order chi connectivity index (χ1) is 10.0. The van der Waals surface area contributed by atoms with E-state index in [1.54, 1.807) is 0 Å². The Morgan fingerprint density at radius 1 is 1.23 bits per heavy atom. The molecule has 2 rings (SSSR count). The Bertz CT molecular complexity index is 486. The largest absolute Gasteiger partial charge is 0.417 e. The van der Waals surface area contributed by atoms with Crippen molar-refractivity contribution in [3.05, 3.63) is 0 Å². The normalized spacial score (nSPS) is 32.5. The lowest BCUT2D eigenvalue weighted by Crippen LogP contribution is -2.54. The lowest BCUT2D eigenvalue weighted by Gasteiger charge is -2.41. The summed E-state index contributed by atoms with van der Waals surface area (Å²) < 4.78 is 37.9.